The molecular formula is C13H20N4O2. The molecule has 1 aromatic heterocycles. The molecule has 1 unspecified atom stereocenters. The number of hydrogen-bond donors (Lipinski definition) is 2. The molecule has 19 heavy (non-hydrogen) atoms. The van der Waals surface area contributed by atoms with Crippen molar-refractivity contribution in [3.63, 3.8) is 0 Å². The Balaban J connectivity index is 2.04. The first-order valence-corrected chi connectivity index (χ1v) is 6.55. The highest BCUT2D eigenvalue weighted by molar-refractivity contribution is 5.73. The minimum atomic E-state index is -1.02. The number of carbonyl (C=O) groups is 1. The molecule has 6 heteroatoms. The summed E-state index contributed by atoms with van der Waals surface area (Å²) in [5.74, 6) is -0.0568. The number of nitrogens with zero attached hydrogens (tertiary/aromatic N) is 3. The molecule has 1 aliphatic rings. The van der Waals surface area contributed by atoms with E-state index in [4.69, 9.17) is 10.8 Å². The molecule has 6 nitrogen and oxygen atoms in total. The van der Waals surface area contributed by atoms with Gasteiger partial charge in [-0.2, -0.15) is 0 Å². The fourth-order valence-electron chi connectivity index (χ4n) is 2.33. The van der Waals surface area contributed by atoms with Gasteiger partial charge in [0.25, 0.3) is 0 Å². The Kier molecular flexibility index (Phi) is 4.44. The number of rotatable bonds is 4. The number of hydrogen-bond acceptors (Lipinski definition) is 5. The molecule has 0 aromatic carbocycles. The number of likely N-dealkylation sites (tertiary alicyclic amines) is 1. The van der Waals surface area contributed by atoms with Gasteiger partial charge in [0.1, 0.15) is 11.9 Å². The van der Waals surface area contributed by atoms with Gasteiger partial charge in [0.05, 0.1) is 0 Å². The first-order valence-electron chi connectivity index (χ1n) is 6.55. The van der Waals surface area contributed by atoms with Gasteiger partial charge < -0.3 is 15.7 Å². The molecule has 1 aliphatic heterocycles. The van der Waals surface area contributed by atoms with Gasteiger partial charge in [0.15, 0.2) is 0 Å². The minimum Gasteiger partial charge on any atom is -0.480 e. The van der Waals surface area contributed by atoms with E-state index in [0.29, 0.717) is 11.7 Å². The zero-order valence-corrected chi connectivity index (χ0v) is 11.1. The van der Waals surface area contributed by atoms with Crippen LogP contribution in [-0.2, 0) is 11.2 Å². The summed E-state index contributed by atoms with van der Waals surface area (Å²) in [6.07, 6.45) is 4.04. The fourth-order valence-corrected chi connectivity index (χ4v) is 2.33. The van der Waals surface area contributed by atoms with Crippen molar-refractivity contribution in [1.29, 1.82) is 0 Å². The van der Waals surface area contributed by atoms with Crippen LogP contribution in [-0.4, -0.2) is 52.1 Å². The average molecular weight is 264 g/mol. The van der Waals surface area contributed by atoms with Crippen LogP contribution in [0.25, 0.3) is 0 Å². The molecule has 0 spiro atoms. The van der Waals surface area contributed by atoms with Crippen LogP contribution in [0.2, 0.25) is 0 Å². The lowest BCUT2D eigenvalue weighted by Crippen LogP contribution is -2.33. The number of aliphatic carboxylic acids is 1. The molecule has 3 N–H and O–H groups in total. The summed E-state index contributed by atoms with van der Waals surface area (Å²) in [4.78, 5) is 21.6. The monoisotopic (exact) mass is 264 g/mol. The summed E-state index contributed by atoms with van der Waals surface area (Å²) < 4.78 is 0. The maximum absolute atomic E-state index is 10.7. The van der Waals surface area contributed by atoms with Crippen LogP contribution in [0, 0.1) is 0 Å². The Labute approximate surface area is 112 Å². The molecule has 1 fully saturated rings. The van der Waals surface area contributed by atoms with E-state index in [0.717, 1.165) is 31.6 Å². The van der Waals surface area contributed by atoms with Crippen LogP contribution < -0.4 is 5.73 Å². The van der Waals surface area contributed by atoms with Crippen LogP contribution in [0.1, 0.15) is 30.3 Å². The molecule has 2 heterocycles. The second kappa shape index (κ2) is 6.08. The highest BCUT2D eigenvalue weighted by Crippen LogP contribution is 2.25. The summed E-state index contributed by atoms with van der Waals surface area (Å²) in [5, 5.41) is 8.80. The normalized spacial score (nSPS) is 19.3. The van der Waals surface area contributed by atoms with E-state index in [1.165, 1.54) is 0 Å². The maximum atomic E-state index is 10.7. The van der Waals surface area contributed by atoms with E-state index in [9.17, 15) is 4.79 Å². The summed E-state index contributed by atoms with van der Waals surface area (Å²) in [7, 11) is 2.12. The van der Waals surface area contributed by atoms with Crippen molar-refractivity contribution in [2.45, 2.75) is 31.2 Å². The van der Waals surface area contributed by atoms with E-state index >= 15 is 0 Å². The zero-order valence-electron chi connectivity index (χ0n) is 11.1. The molecule has 0 saturated carbocycles. The molecule has 2 rings (SSSR count). The number of piperidine rings is 1. The Morgan fingerprint density at radius 3 is 2.89 bits per heavy atom. The smallest absolute Gasteiger partial charge is 0.320 e. The summed E-state index contributed by atoms with van der Waals surface area (Å²) in [5.41, 5.74) is 6.52. The zero-order chi connectivity index (χ0) is 13.8. The van der Waals surface area contributed by atoms with E-state index in [-0.39, 0.29) is 6.42 Å². The molecule has 0 bridgehead atoms. The standard InChI is InChI=1S/C13H20N4O2/c1-17-6-3-9(4-7-17)11-2-5-15-12(16-11)8-10(14)13(18)19/h2,5,9-10H,3-4,6-8,14H2,1H3,(H,18,19). The number of carboxylic acid groups (broad SMARTS) is 1. The van der Waals surface area contributed by atoms with Crippen molar-refractivity contribution >= 4 is 5.97 Å². The van der Waals surface area contributed by atoms with E-state index in [1.54, 1.807) is 6.20 Å². The predicted molar refractivity (Wildman–Crippen MR) is 70.8 cm³/mol. The maximum Gasteiger partial charge on any atom is 0.320 e. The van der Waals surface area contributed by atoms with Gasteiger partial charge in [-0.15, -0.1) is 0 Å². The highest BCUT2D eigenvalue weighted by Gasteiger charge is 2.20. The number of nitrogens with two attached hydrogens (primary N) is 1. The summed E-state index contributed by atoms with van der Waals surface area (Å²) >= 11 is 0. The molecule has 1 aromatic rings. The van der Waals surface area contributed by atoms with E-state index < -0.39 is 12.0 Å². The molecule has 0 aliphatic carbocycles. The Bertz CT molecular complexity index is 444. The molecule has 0 amide bonds. The Hall–Kier alpha value is -1.53. The van der Waals surface area contributed by atoms with Crippen LogP contribution in [0.3, 0.4) is 0 Å². The van der Waals surface area contributed by atoms with Crippen LogP contribution in [0.15, 0.2) is 12.3 Å². The predicted octanol–water partition coefficient (Wildman–Crippen LogP) is 0.240. The highest BCUT2D eigenvalue weighted by atomic mass is 16.4. The second-order valence-electron chi connectivity index (χ2n) is 5.12. The van der Waals surface area contributed by atoms with Crippen molar-refractivity contribution in [2.24, 2.45) is 5.73 Å². The summed E-state index contributed by atoms with van der Waals surface area (Å²) in [6, 6.07) is 0.985. The third kappa shape index (κ3) is 3.71. The first-order chi connectivity index (χ1) is 9.06. The van der Waals surface area contributed by atoms with Gasteiger partial charge in [-0.05, 0) is 39.0 Å². The molecule has 0 radical (unpaired) electrons. The molecular weight excluding hydrogens is 244 g/mol. The lowest BCUT2D eigenvalue weighted by atomic mass is 9.93. The van der Waals surface area contributed by atoms with Crippen molar-refractivity contribution in [2.75, 3.05) is 20.1 Å². The lowest BCUT2D eigenvalue weighted by molar-refractivity contribution is -0.138. The number of aromatic nitrogens is 2. The van der Waals surface area contributed by atoms with Gasteiger partial charge in [0.2, 0.25) is 0 Å². The lowest BCUT2D eigenvalue weighted by Gasteiger charge is -2.28. The van der Waals surface area contributed by atoms with Gasteiger partial charge in [0, 0.05) is 24.2 Å². The van der Waals surface area contributed by atoms with Gasteiger partial charge >= 0.3 is 5.97 Å². The van der Waals surface area contributed by atoms with Crippen LogP contribution in [0.5, 0.6) is 0 Å². The van der Waals surface area contributed by atoms with Crippen LogP contribution >= 0.6 is 0 Å². The third-order valence-corrected chi connectivity index (χ3v) is 3.58. The van der Waals surface area contributed by atoms with Gasteiger partial charge in [-0.25, -0.2) is 9.97 Å². The first kappa shape index (κ1) is 13.9. The van der Waals surface area contributed by atoms with Crippen molar-refractivity contribution in [3.8, 4) is 0 Å². The van der Waals surface area contributed by atoms with Gasteiger partial charge in [-0.3, -0.25) is 4.79 Å². The average Bonchev–Trinajstić information content (AvgIpc) is 2.39. The molecule has 1 saturated heterocycles. The van der Waals surface area contributed by atoms with Crippen molar-refractivity contribution < 1.29 is 9.90 Å². The fraction of sp³-hybridized carbons (Fsp3) is 0.615. The molecule has 1 atom stereocenters. The topological polar surface area (TPSA) is 92.3 Å². The largest absolute Gasteiger partial charge is 0.480 e. The van der Waals surface area contributed by atoms with Crippen molar-refractivity contribution in [1.82, 2.24) is 14.9 Å². The SMILES string of the molecule is CN1CCC(c2ccnc(CC(N)C(=O)O)n2)CC1. The van der Waals surface area contributed by atoms with Crippen molar-refractivity contribution in [3.05, 3.63) is 23.8 Å². The second-order valence-corrected chi connectivity index (χ2v) is 5.12. The Morgan fingerprint density at radius 2 is 2.26 bits per heavy atom. The van der Waals surface area contributed by atoms with E-state index in [1.807, 2.05) is 6.07 Å². The quantitative estimate of drug-likeness (QED) is 0.809. The van der Waals surface area contributed by atoms with Crippen LogP contribution in [0.4, 0.5) is 0 Å². The minimum absolute atomic E-state index is 0.176. The van der Waals surface area contributed by atoms with E-state index in [2.05, 4.69) is 21.9 Å². The third-order valence-electron chi connectivity index (χ3n) is 3.58. The number of carboxylic acids is 1. The Morgan fingerprint density at radius 1 is 1.58 bits per heavy atom. The van der Waals surface area contributed by atoms with Gasteiger partial charge in [-0.1, -0.05) is 0 Å². The molecule has 104 valence electrons. The summed E-state index contributed by atoms with van der Waals surface area (Å²) in [6.45, 7) is 2.14.